The second kappa shape index (κ2) is 6.85. The SMILES string of the molecule is CNC(=O)C1CNCCN1C(=O)Cc1cccc(Br)c1. The van der Waals surface area contributed by atoms with E-state index in [2.05, 4.69) is 26.6 Å². The molecule has 1 aromatic carbocycles. The number of benzene rings is 1. The van der Waals surface area contributed by atoms with Gasteiger partial charge in [0.15, 0.2) is 0 Å². The number of hydrogen-bond acceptors (Lipinski definition) is 3. The van der Waals surface area contributed by atoms with E-state index in [0.717, 1.165) is 16.6 Å². The Hall–Kier alpha value is -1.40. The van der Waals surface area contributed by atoms with Crippen molar-refractivity contribution in [3.63, 3.8) is 0 Å². The molecule has 5 nitrogen and oxygen atoms in total. The zero-order chi connectivity index (χ0) is 14.5. The van der Waals surface area contributed by atoms with Gasteiger partial charge in [-0.15, -0.1) is 0 Å². The number of carbonyl (C=O) groups is 2. The fourth-order valence-electron chi connectivity index (χ4n) is 2.33. The van der Waals surface area contributed by atoms with Gasteiger partial charge in [-0.2, -0.15) is 0 Å². The topological polar surface area (TPSA) is 61.4 Å². The van der Waals surface area contributed by atoms with Crippen LogP contribution >= 0.6 is 15.9 Å². The molecule has 0 aliphatic carbocycles. The van der Waals surface area contributed by atoms with Crippen LogP contribution in [-0.4, -0.2) is 49.4 Å². The van der Waals surface area contributed by atoms with Crippen molar-refractivity contribution in [3.8, 4) is 0 Å². The molecule has 1 unspecified atom stereocenters. The first-order chi connectivity index (χ1) is 9.61. The van der Waals surface area contributed by atoms with E-state index >= 15 is 0 Å². The lowest BCUT2D eigenvalue weighted by atomic mass is 10.1. The number of nitrogens with one attached hydrogen (secondary N) is 2. The highest BCUT2D eigenvalue weighted by molar-refractivity contribution is 9.10. The van der Waals surface area contributed by atoms with E-state index in [0.29, 0.717) is 19.5 Å². The van der Waals surface area contributed by atoms with Crippen LogP contribution in [0.15, 0.2) is 28.7 Å². The number of piperazine rings is 1. The number of carbonyl (C=O) groups excluding carboxylic acids is 2. The standard InChI is InChI=1S/C14H18BrN3O2/c1-16-14(20)12-9-17-5-6-18(12)13(19)8-10-3-2-4-11(15)7-10/h2-4,7,12,17H,5-6,8-9H2,1H3,(H,16,20). The van der Waals surface area contributed by atoms with Crippen LogP contribution in [0.2, 0.25) is 0 Å². The Bertz CT molecular complexity index is 507. The smallest absolute Gasteiger partial charge is 0.243 e. The molecule has 1 aliphatic rings. The van der Waals surface area contributed by atoms with Crippen LogP contribution < -0.4 is 10.6 Å². The van der Waals surface area contributed by atoms with E-state index in [1.54, 1.807) is 11.9 Å². The molecule has 6 heteroatoms. The summed E-state index contributed by atoms with van der Waals surface area (Å²) in [7, 11) is 1.59. The van der Waals surface area contributed by atoms with Crippen LogP contribution in [0.1, 0.15) is 5.56 Å². The van der Waals surface area contributed by atoms with Gasteiger partial charge in [-0.1, -0.05) is 28.1 Å². The number of likely N-dealkylation sites (N-methyl/N-ethyl adjacent to an activating group) is 1. The Morgan fingerprint density at radius 2 is 2.30 bits per heavy atom. The average molecular weight is 340 g/mol. The first-order valence-electron chi connectivity index (χ1n) is 6.58. The summed E-state index contributed by atoms with van der Waals surface area (Å²) in [6.45, 7) is 1.78. The molecule has 2 amide bonds. The van der Waals surface area contributed by atoms with Crippen molar-refractivity contribution >= 4 is 27.7 Å². The molecular formula is C14H18BrN3O2. The average Bonchev–Trinajstić information content (AvgIpc) is 2.46. The molecule has 1 heterocycles. The maximum atomic E-state index is 12.4. The number of amides is 2. The molecule has 0 radical (unpaired) electrons. The summed E-state index contributed by atoms with van der Waals surface area (Å²) < 4.78 is 0.950. The molecule has 1 aliphatic heterocycles. The zero-order valence-electron chi connectivity index (χ0n) is 11.4. The van der Waals surface area contributed by atoms with E-state index in [1.807, 2.05) is 24.3 Å². The minimum Gasteiger partial charge on any atom is -0.357 e. The molecular weight excluding hydrogens is 322 g/mol. The van der Waals surface area contributed by atoms with Gasteiger partial charge in [-0.3, -0.25) is 9.59 Å². The summed E-state index contributed by atoms with van der Waals surface area (Å²) in [5, 5.41) is 5.76. The second-order valence-electron chi connectivity index (χ2n) is 4.73. The van der Waals surface area contributed by atoms with Crippen molar-refractivity contribution in [2.24, 2.45) is 0 Å². The van der Waals surface area contributed by atoms with Crippen molar-refractivity contribution < 1.29 is 9.59 Å². The Balaban J connectivity index is 2.08. The van der Waals surface area contributed by atoms with Crippen LogP contribution in [0.25, 0.3) is 0 Å². The Morgan fingerprint density at radius 1 is 1.50 bits per heavy atom. The molecule has 20 heavy (non-hydrogen) atoms. The first kappa shape index (κ1) is 15.0. The van der Waals surface area contributed by atoms with Crippen LogP contribution in [0.4, 0.5) is 0 Å². The fraction of sp³-hybridized carbons (Fsp3) is 0.429. The molecule has 2 N–H and O–H groups in total. The van der Waals surface area contributed by atoms with Crippen LogP contribution in [0.5, 0.6) is 0 Å². The van der Waals surface area contributed by atoms with E-state index in [-0.39, 0.29) is 11.8 Å². The van der Waals surface area contributed by atoms with Crippen molar-refractivity contribution in [3.05, 3.63) is 34.3 Å². The molecule has 1 saturated heterocycles. The van der Waals surface area contributed by atoms with Gasteiger partial charge < -0.3 is 15.5 Å². The van der Waals surface area contributed by atoms with E-state index in [4.69, 9.17) is 0 Å². The van der Waals surface area contributed by atoms with Gasteiger partial charge in [0, 0.05) is 31.2 Å². The maximum absolute atomic E-state index is 12.4. The molecule has 108 valence electrons. The maximum Gasteiger partial charge on any atom is 0.243 e. The summed E-state index contributed by atoms with van der Waals surface area (Å²) in [5.41, 5.74) is 0.943. The molecule has 0 saturated carbocycles. The molecule has 0 aromatic heterocycles. The molecule has 0 bridgehead atoms. The summed E-state index contributed by atoms with van der Waals surface area (Å²) in [4.78, 5) is 25.9. The Morgan fingerprint density at radius 3 is 3.00 bits per heavy atom. The van der Waals surface area contributed by atoms with E-state index in [9.17, 15) is 9.59 Å². The highest BCUT2D eigenvalue weighted by atomic mass is 79.9. The van der Waals surface area contributed by atoms with Crippen LogP contribution in [-0.2, 0) is 16.0 Å². The predicted molar refractivity (Wildman–Crippen MR) is 80.3 cm³/mol. The van der Waals surface area contributed by atoms with Gasteiger partial charge in [-0.05, 0) is 17.7 Å². The minimum atomic E-state index is -0.423. The molecule has 2 rings (SSSR count). The lowest BCUT2D eigenvalue weighted by Gasteiger charge is -2.35. The lowest BCUT2D eigenvalue weighted by Crippen LogP contribution is -2.59. The van der Waals surface area contributed by atoms with Gasteiger partial charge in [0.25, 0.3) is 0 Å². The third-order valence-electron chi connectivity index (χ3n) is 3.36. The normalized spacial score (nSPS) is 18.7. The molecule has 1 aromatic rings. The second-order valence-corrected chi connectivity index (χ2v) is 5.64. The highest BCUT2D eigenvalue weighted by Crippen LogP contribution is 2.14. The van der Waals surface area contributed by atoms with Gasteiger partial charge in [0.05, 0.1) is 6.42 Å². The molecule has 1 fully saturated rings. The molecule has 1 atom stereocenters. The summed E-state index contributed by atoms with van der Waals surface area (Å²) in [6, 6.07) is 7.25. The monoisotopic (exact) mass is 339 g/mol. The van der Waals surface area contributed by atoms with Crippen molar-refractivity contribution in [1.82, 2.24) is 15.5 Å². The van der Waals surface area contributed by atoms with Crippen LogP contribution in [0.3, 0.4) is 0 Å². The van der Waals surface area contributed by atoms with Gasteiger partial charge >= 0.3 is 0 Å². The predicted octanol–water partition coefficient (Wildman–Crippen LogP) is 0.538. The first-order valence-corrected chi connectivity index (χ1v) is 7.37. The number of rotatable bonds is 3. The zero-order valence-corrected chi connectivity index (χ0v) is 12.9. The van der Waals surface area contributed by atoms with Crippen molar-refractivity contribution in [2.45, 2.75) is 12.5 Å². The number of nitrogens with zero attached hydrogens (tertiary/aromatic N) is 1. The number of hydrogen-bond donors (Lipinski definition) is 2. The Labute approximate surface area is 126 Å². The summed E-state index contributed by atoms with van der Waals surface area (Å²) >= 11 is 3.40. The van der Waals surface area contributed by atoms with E-state index < -0.39 is 6.04 Å². The number of halogens is 1. The third kappa shape index (κ3) is 3.58. The van der Waals surface area contributed by atoms with E-state index in [1.165, 1.54) is 0 Å². The van der Waals surface area contributed by atoms with Crippen LogP contribution in [0, 0.1) is 0 Å². The third-order valence-corrected chi connectivity index (χ3v) is 3.85. The largest absolute Gasteiger partial charge is 0.357 e. The molecule has 0 spiro atoms. The van der Waals surface area contributed by atoms with Gasteiger partial charge in [0.2, 0.25) is 11.8 Å². The summed E-state index contributed by atoms with van der Waals surface area (Å²) in [6.07, 6.45) is 0.312. The van der Waals surface area contributed by atoms with Crippen molar-refractivity contribution in [2.75, 3.05) is 26.7 Å². The lowest BCUT2D eigenvalue weighted by molar-refractivity contribution is -0.140. The van der Waals surface area contributed by atoms with Gasteiger partial charge in [0.1, 0.15) is 6.04 Å². The Kier molecular flexibility index (Phi) is 5.14. The van der Waals surface area contributed by atoms with Crippen molar-refractivity contribution in [1.29, 1.82) is 0 Å². The highest BCUT2D eigenvalue weighted by Gasteiger charge is 2.31. The quantitative estimate of drug-likeness (QED) is 0.844. The van der Waals surface area contributed by atoms with Gasteiger partial charge in [-0.25, -0.2) is 0 Å². The fourth-order valence-corrected chi connectivity index (χ4v) is 2.77. The minimum absolute atomic E-state index is 0.0156. The summed E-state index contributed by atoms with van der Waals surface area (Å²) in [5.74, 6) is -0.141.